The number of carbonyl (C=O) groups is 3. The van der Waals surface area contributed by atoms with Gasteiger partial charge in [-0.1, -0.05) is 0 Å². The van der Waals surface area contributed by atoms with Crippen molar-refractivity contribution < 1.29 is 19.5 Å². The highest BCUT2D eigenvalue weighted by atomic mass is 16.3. The maximum Gasteiger partial charge on any atom is 0.166 e. The zero-order chi connectivity index (χ0) is 48.0. The van der Waals surface area contributed by atoms with Gasteiger partial charge in [0.1, 0.15) is 0 Å². The molecule has 1 N–H and O–H groups in total. The summed E-state index contributed by atoms with van der Waals surface area (Å²) in [6.45, 7) is 0. The van der Waals surface area contributed by atoms with Crippen molar-refractivity contribution in [3.8, 4) is 11.1 Å². The van der Waals surface area contributed by atoms with Crippen LogP contribution in [-0.2, 0) is 25.7 Å². The molecular formula is C68H58N2O4. The van der Waals surface area contributed by atoms with E-state index < -0.39 is 6.10 Å². The number of rotatable bonds is 0. The summed E-state index contributed by atoms with van der Waals surface area (Å²) in [7, 11) is 0. The summed E-state index contributed by atoms with van der Waals surface area (Å²) in [5, 5.41) is 23.0. The predicted molar refractivity (Wildman–Crippen MR) is 293 cm³/mol. The summed E-state index contributed by atoms with van der Waals surface area (Å²) in [6, 6.07) is 19.5. The molecule has 0 aliphatic heterocycles. The van der Waals surface area contributed by atoms with Crippen molar-refractivity contribution in [3.05, 3.63) is 115 Å². The first kappa shape index (κ1) is 40.2. The monoisotopic (exact) mass is 966 g/mol. The lowest BCUT2D eigenvalue weighted by molar-refractivity contribution is 0.0891. The minimum absolute atomic E-state index is 0.119. The van der Waals surface area contributed by atoms with Crippen LogP contribution in [0.3, 0.4) is 0 Å². The molecule has 0 amide bonds. The average Bonchev–Trinajstić information content (AvgIpc) is 4.13. The highest BCUT2D eigenvalue weighted by Gasteiger charge is 2.44. The molecule has 1 unspecified atom stereocenters. The topological polar surface area (TPSA) is 80.3 Å². The smallest absolute Gasteiger partial charge is 0.166 e. The largest absolute Gasteiger partial charge is 0.388 e. The fourth-order valence-corrected chi connectivity index (χ4v) is 20.0. The molecule has 10 aromatic rings. The van der Waals surface area contributed by atoms with Crippen LogP contribution in [0.2, 0.25) is 0 Å². The summed E-state index contributed by atoms with van der Waals surface area (Å²) >= 11 is 0. The molecule has 4 saturated carbocycles. The van der Waals surface area contributed by atoms with Crippen molar-refractivity contribution in [2.24, 2.45) is 23.7 Å². The molecule has 8 bridgehead atoms. The Kier molecular flexibility index (Phi) is 7.22. The standard InChI is InChI=1S/C68H58N2O4/c71-65-33-9-1-29(2-10-33)41-21-49-53(25-45(41)65)69-54-26-46-42(30-3-11-34(12-4-30)66(46)72)22-50(54)60-38-19-20-40-58-39(18-17-37(57(38)58)59(49)63(60)69)61-51-23-43-31-5-13-35(14-6-31)67(73)47(43)27-55(51)70-56-28-48-44(24-52(56)62(40)64(61)70)32-7-15-36(16-8-32)68(48)74/h21-36,65,71H,1-20H2. The second-order valence-corrected chi connectivity index (χ2v) is 26.2. The molecule has 4 fully saturated rings. The maximum atomic E-state index is 14.6. The number of aliphatic hydroxyl groups excluding tert-OH is 1. The number of ketones is 3. The average molecular weight is 967 g/mol. The molecule has 14 aliphatic carbocycles. The SMILES string of the molecule is O=C1c2cc3c(cc2C2CCC1CC2)c1c2c4c(c5c6cc7c(cc6n3c15)C(=O)C1CCC7CC1)CCc1c-4c(c3c4cc5c(cc4n4c6cc7c(cc6c1c34)C1CCC(CC1)C7O)C(=O)C1CCC5CC1)CC2. The molecule has 74 heavy (non-hydrogen) atoms. The molecule has 4 heterocycles. The lowest BCUT2D eigenvalue weighted by Gasteiger charge is -2.32. The van der Waals surface area contributed by atoms with Crippen molar-refractivity contribution in [3.63, 3.8) is 0 Å². The van der Waals surface area contributed by atoms with Gasteiger partial charge in [-0.25, -0.2) is 0 Å². The number of Topliss-reactive ketones (excluding diaryl/α,β-unsaturated/α-hetero) is 3. The van der Waals surface area contributed by atoms with Crippen molar-refractivity contribution >= 4 is 93.5 Å². The van der Waals surface area contributed by atoms with Gasteiger partial charge < -0.3 is 13.9 Å². The molecule has 6 heteroatoms. The molecule has 364 valence electrons. The Hall–Kier alpha value is -6.11. The summed E-state index contributed by atoms with van der Waals surface area (Å²) in [5.41, 5.74) is 25.5. The van der Waals surface area contributed by atoms with Crippen molar-refractivity contribution in [1.29, 1.82) is 0 Å². The zero-order valence-corrected chi connectivity index (χ0v) is 42.0. The summed E-state index contributed by atoms with van der Waals surface area (Å²) in [5.74, 6) is 3.44. The van der Waals surface area contributed by atoms with Gasteiger partial charge in [0.15, 0.2) is 17.3 Å². The lowest BCUT2D eigenvalue weighted by atomic mass is 9.71. The highest BCUT2D eigenvalue weighted by molar-refractivity contribution is 6.32. The lowest BCUT2D eigenvalue weighted by Crippen LogP contribution is -2.15. The molecular weight excluding hydrogens is 909 g/mol. The Morgan fingerprint density at radius 3 is 1.00 bits per heavy atom. The van der Waals surface area contributed by atoms with E-state index in [9.17, 15) is 19.5 Å². The molecule has 0 radical (unpaired) electrons. The van der Waals surface area contributed by atoms with Crippen LogP contribution in [0.5, 0.6) is 0 Å². The molecule has 24 rings (SSSR count). The number of hydrogen-bond donors (Lipinski definition) is 1. The quantitative estimate of drug-likeness (QED) is 0.164. The Labute approximate surface area is 428 Å². The van der Waals surface area contributed by atoms with Crippen LogP contribution in [-0.4, -0.2) is 31.3 Å². The second kappa shape index (κ2) is 13.3. The van der Waals surface area contributed by atoms with Gasteiger partial charge in [0.05, 0.1) is 39.2 Å². The number of carbonyl (C=O) groups excluding carboxylic acids is 3. The van der Waals surface area contributed by atoms with Crippen LogP contribution in [0.1, 0.15) is 214 Å². The Morgan fingerprint density at radius 1 is 0.338 bits per heavy atom. The van der Waals surface area contributed by atoms with Crippen LogP contribution in [0.25, 0.3) is 87.3 Å². The summed E-state index contributed by atoms with van der Waals surface area (Å²) in [6.07, 6.45) is 20.3. The van der Waals surface area contributed by atoms with Gasteiger partial charge >= 0.3 is 0 Å². The molecule has 6 aromatic carbocycles. The van der Waals surface area contributed by atoms with Gasteiger partial charge in [-0.2, -0.15) is 0 Å². The zero-order valence-electron chi connectivity index (χ0n) is 42.0. The fraction of sp³-hybridized carbons (Fsp3) is 0.426. The van der Waals surface area contributed by atoms with E-state index in [1.54, 1.807) is 0 Å². The van der Waals surface area contributed by atoms with E-state index in [0.29, 0.717) is 46.9 Å². The molecule has 4 aromatic heterocycles. The minimum Gasteiger partial charge on any atom is -0.388 e. The van der Waals surface area contributed by atoms with Crippen LogP contribution in [0, 0.1) is 23.7 Å². The van der Waals surface area contributed by atoms with Gasteiger partial charge in [0.25, 0.3) is 0 Å². The van der Waals surface area contributed by atoms with Gasteiger partial charge in [0, 0.05) is 77.5 Å². The van der Waals surface area contributed by atoms with Gasteiger partial charge in [-0.05, 0) is 268 Å². The Bertz CT molecular complexity index is 4270. The van der Waals surface area contributed by atoms with Gasteiger partial charge in [0.2, 0.25) is 0 Å². The number of aromatic nitrogens is 2. The molecule has 14 aliphatic rings. The minimum atomic E-state index is -0.454. The van der Waals surface area contributed by atoms with E-state index in [4.69, 9.17) is 0 Å². The number of aryl methyl sites for hydroxylation is 4. The number of nitrogens with zero attached hydrogens (tertiary/aromatic N) is 2. The Morgan fingerprint density at radius 2 is 0.635 bits per heavy atom. The first-order valence-corrected chi connectivity index (χ1v) is 29.4. The molecule has 6 nitrogen and oxygen atoms in total. The third kappa shape index (κ3) is 4.51. The van der Waals surface area contributed by atoms with E-state index in [-0.39, 0.29) is 17.8 Å². The summed E-state index contributed by atoms with van der Waals surface area (Å²) < 4.78 is 5.14. The number of hydrogen-bond acceptors (Lipinski definition) is 4. The van der Waals surface area contributed by atoms with E-state index in [1.165, 1.54) is 121 Å². The third-order valence-electron chi connectivity index (χ3n) is 23.4. The van der Waals surface area contributed by atoms with Crippen LogP contribution in [0.4, 0.5) is 0 Å². The molecule has 0 saturated heterocycles. The number of aliphatic hydroxyl groups is 1. The second-order valence-electron chi connectivity index (χ2n) is 26.2. The van der Waals surface area contributed by atoms with Crippen molar-refractivity contribution in [2.75, 3.05) is 0 Å². The normalized spacial score (nSPS) is 29.4. The van der Waals surface area contributed by atoms with E-state index in [2.05, 4.69) is 57.3 Å². The van der Waals surface area contributed by atoms with Gasteiger partial charge in [-0.3, -0.25) is 14.4 Å². The van der Waals surface area contributed by atoms with Crippen molar-refractivity contribution in [1.82, 2.24) is 8.80 Å². The number of benzene rings is 6. The van der Waals surface area contributed by atoms with E-state index in [0.717, 1.165) is 162 Å². The molecule has 0 spiro atoms. The maximum absolute atomic E-state index is 14.6. The highest BCUT2D eigenvalue weighted by Crippen LogP contribution is 2.60. The van der Waals surface area contributed by atoms with E-state index in [1.807, 2.05) is 0 Å². The predicted octanol–water partition coefficient (Wildman–Crippen LogP) is 15.6. The Balaban J connectivity index is 0.966. The van der Waals surface area contributed by atoms with Gasteiger partial charge in [-0.15, -0.1) is 0 Å². The van der Waals surface area contributed by atoms with E-state index >= 15 is 0 Å². The van der Waals surface area contributed by atoms with Crippen LogP contribution < -0.4 is 0 Å². The first-order valence-electron chi connectivity index (χ1n) is 29.4. The third-order valence-corrected chi connectivity index (χ3v) is 23.4. The van der Waals surface area contributed by atoms with Crippen LogP contribution >= 0.6 is 0 Å². The number of fused-ring (bicyclic) bond motifs is 24. The molecule has 1 atom stereocenters. The van der Waals surface area contributed by atoms with Crippen molar-refractivity contribution in [2.45, 2.75) is 158 Å². The van der Waals surface area contributed by atoms with Crippen LogP contribution in [0.15, 0.2) is 48.5 Å². The summed E-state index contributed by atoms with van der Waals surface area (Å²) in [4.78, 5) is 43.8. The fourth-order valence-electron chi connectivity index (χ4n) is 20.0. The first-order chi connectivity index (χ1) is 36.3.